The summed E-state index contributed by atoms with van der Waals surface area (Å²) < 4.78 is 5.42. The van der Waals surface area contributed by atoms with Gasteiger partial charge in [0, 0.05) is 38.7 Å². The standard InChI is InChI=1S/C22H32N2O3/c1-4-6-15-23(3)22(26)19-13-16-24(17-14-19)21(25)12-9-18-7-10-20(11-8-18)27-5-2/h7-12,19H,4-6,13-17H2,1-3H3/b12-9+. The van der Waals surface area contributed by atoms with Crippen molar-refractivity contribution >= 4 is 17.9 Å². The number of amides is 2. The summed E-state index contributed by atoms with van der Waals surface area (Å²) in [5, 5.41) is 0. The van der Waals surface area contributed by atoms with E-state index in [0.717, 1.165) is 43.5 Å². The molecule has 0 spiro atoms. The number of benzene rings is 1. The van der Waals surface area contributed by atoms with Gasteiger partial charge in [-0.15, -0.1) is 0 Å². The molecule has 2 rings (SSSR count). The molecule has 1 fully saturated rings. The number of likely N-dealkylation sites (tertiary alicyclic amines) is 1. The van der Waals surface area contributed by atoms with E-state index in [-0.39, 0.29) is 17.7 Å². The first-order valence-electron chi connectivity index (χ1n) is 10.00. The molecule has 1 aromatic rings. The third-order valence-corrected chi connectivity index (χ3v) is 4.99. The van der Waals surface area contributed by atoms with Crippen LogP contribution in [0.2, 0.25) is 0 Å². The monoisotopic (exact) mass is 372 g/mol. The Bertz CT molecular complexity index is 631. The lowest BCUT2D eigenvalue weighted by Crippen LogP contribution is -2.43. The van der Waals surface area contributed by atoms with E-state index < -0.39 is 0 Å². The van der Waals surface area contributed by atoms with Gasteiger partial charge in [-0.3, -0.25) is 9.59 Å². The van der Waals surface area contributed by atoms with Crippen LogP contribution in [0.3, 0.4) is 0 Å². The zero-order chi connectivity index (χ0) is 19.6. The molecule has 5 heteroatoms. The van der Waals surface area contributed by atoms with Gasteiger partial charge < -0.3 is 14.5 Å². The highest BCUT2D eigenvalue weighted by Gasteiger charge is 2.28. The fourth-order valence-corrected chi connectivity index (χ4v) is 3.28. The average molecular weight is 373 g/mol. The van der Waals surface area contributed by atoms with E-state index in [9.17, 15) is 9.59 Å². The molecular weight excluding hydrogens is 340 g/mol. The maximum absolute atomic E-state index is 12.5. The second kappa shape index (κ2) is 10.8. The smallest absolute Gasteiger partial charge is 0.246 e. The molecule has 0 N–H and O–H groups in total. The van der Waals surface area contributed by atoms with Crippen LogP contribution in [0.25, 0.3) is 6.08 Å². The number of piperidine rings is 1. The van der Waals surface area contributed by atoms with E-state index in [2.05, 4.69) is 6.92 Å². The third kappa shape index (κ3) is 6.42. The molecule has 0 saturated carbocycles. The third-order valence-electron chi connectivity index (χ3n) is 4.99. The quantitative estimate of drug-likeness (QED) is 0.655. The number of ether oxygens (including phenoxy) is 1. The highest BCUT2D eigenvalue weighted by molar-refractivity contribution is 5.92. The van der Waals surface area contributed by atoms with Gasteiger partial charge in [-0.05, 0) is 50.0 Å². The van der Waals surface area contributed by atoms with Crippen LogP contribution >= 0.6 is 0 Å². The molecule has 0 aromatic heterocycles. The van der Waals surface area contributed by atoms with Gasteiger partial charge in [0.25, 0.3) is 0 Å². The van der Waals surface area contributed by atoms with E-state index in [4.69, 9.17) is 4.74 Å². The second-order valence-corrected chi connectivity index (χ2v) is 7.05. The van der Waals surface area contributed by atoms with Crippen LogP contribution in [0.1, 0.15) is 45.1 Å². The van der Waals surface area contributed by atoms with Crippen molar-refractivity contribution in [3.8, 4) is 5.75 Å². The Morgan fingerprint density at radius 1 is 1.19 bits per heavy atom. The number of carbonyl (C=O) groups excluding carboxylic acids is 2. The van der Waals surface area contributed by atoms with Crippen molar-refractivity contribution in [2.24, 2.45) is 5.92 Å². The van der Waals surface area contributed by atoms with Crippen LogP contribution in [-0.4, -0.2) is 54.9 Å². The summed E-state index contributed by atoms with van der Waals surface area (Å²) in [6, 6.07) is 7.68. The number of rotatable bonds is 8. The van der Waals surface area contributed by atoms with Gasteiger partial charge in [-0.25, -0.2) is 0 Å². The summed E-state index contributed by atoms with van der Waals surface area (Å²) in [6.07, 6.45) is 7.07. The van der Waals surface area contributed by atoms with Gasteiger partial charge >= 0.3 is 0 Å². The topological polar surface area (TPSA) is 49.9 Å². The van der Waals surface area contributed by atoms with Gasteiger partial charge in [0.05, 0.1) is 6.61 Å². The normalized spacial score (nSPS) is 15.1. The van der Waals surface area contributed by atoms with Crippen molar-refractivity contribution in [3.63, 3.8) is 0 Å². The molecule has 0 radical (unpaired) electrons. The molecule has 0 atom stereocenters. The lowest BCUT2D eigenvalue weighted by molar-refractivity contribution is -0.138. The minimum absolute atomic E-state index is 0.00845. The summed E-state index contributed by atoms with van der Waals surface area (Å²) in [6.45, 7) is 6.82. The van der Waals surface area contributed by atoms with Crippen molar-refractivity contribution in [3.05, 3.63) is 35.9 Å². The van der Waals surface area contributed by atoms with Crippen molar-refractivity contribution < 1.29 is 14.3 Å². The fourth-order valence-electron chi connectivity index (χ4n) is 3.28. The molecule has 27 heavy (non-hydrogen) atoms. The predicted molar refractivity (Wildman–Crippen MR) is 108 cm³/mol. The van der Waals surface area contributed by atoms with Gasteiger partial charge in [0.1, 0.15) is 5.75 Å². The number of hydrogen-bond donors (Lipinski definition) is 0. The summed E-state index contributed by atoms with van der Waals surface area (Å²) in [7, 11) is 1.88. The molecule has 148 valence electrons. The molecule has 1 aromatic carbocycles. The van der Waals surface area contributed by atoms with E-state index in [0.29, 0.717) is 19.7 Å². The maximum Gasteiger partial charge on any atom is 0.246 e. The minimum atomic E-state index is 0.00845. The molecule has 0 aliphatic carbocycles. The van der Waals surface area contributed by atoms with Gasteiger partial charge in [0.15, 0.2) is 0 Å². The summed E-state index contributed by atoms with van der Waals surface area (Å²) in [5.41, 5.74) is 0.967. The van der Waals surface area contributed by atoms with Crippen molar-refractivity contribution in [1.29, 1.82) is 0 Å². The molecule has 1 heterocycles. The van der Waals surface area contributed by atoms with Gasteiger partial charge in [-0.1, -0.05) is 25.5 Å². The van der Waals surface area contributed by atoms with Crippen LogP contribution < -0.4 is 4.74 Å². The Morgan fingerprint density at radius 3 is 2.44 bits per heavy atom. The Morgan fingerprint density at radius 2 is 1.85 bits per heavy atom. The zero-order valence-corrected chi connectivity index (χ0v) is 16.8. The van der Waals surface area contributed by atoms with Crippen molar-refractivity contribution in [2.75, 3.05) is 33.3 Å². The Balaban J connectivity index is 1.81. The van der Waals surface area contributed by atoms with E-state index in [1.165, 1.54) is 0 Å². The Hall–Kier alpha value is -2.30. The lowest BCUT2D eigenvalue weighted by Gasteiger charge is -2.32. The molecule has 1 aliphatic rings. The van der Waals surface area contributed by atoms with Crippen LogP contribution in [-0.2, 0) is 9.59 Å². The maximum atomic E-state index is 12.5. The molecule has 0 unspecified atom stereocenters. The first-order chi connectivity index (χ1) is 13.0. The molecular formula is C22H32N2O3. The summed E-state index contributed by atoms with van der Waals surface area (Å²) >= 11 is 0. The van der Waals surface area contributed by atoms with Gasteiger partial charge in [-0.2, -0.15) is 0 Å². The number of hydrogen-bond acceptors (Lipinski definition) is 3. The zero-order valence-electron chi connectivity index (χ0n) is 16.8. The Labute approximate surface area is 163 Å². The molecule has 0 bridgehead atoms. The number of unbranched alkanes of at least 4 members (excludes halogenated alkanes) is 1. The van der Waals surface area contributed by atoms with E-state index >= 15 is 0 Å². The highest BCUT2D eigenvalue weighted by atomic mass is 16.5. The van der Waals surface area contributed by atoms with E-state index in [1.54, 1.807) is 6.08 Å². The summed E-state index contributed by atoms with van der Waals surface area (Å²) in [5.74, 6) is 1.11. The molecule has 1 aliphatic heterocycles. The number of carbonyl (C=O) groups is 2. The first kappa shape index (κ1) is 21.0. The average Bonchev–Trinajstić information content (AvgIpc) is 2.71. The van der Waals surface area contributed by atoms with Crippen LogP contribution in [0.4, 0.5) is 0 Å². The molecule has 2 amide bonds. The predicted octanol–water partition coefficient (Wildman–Crippen LogP) is 3.60. The van der Waals surface area contributed by atoms with Gasteiger partial charge in [0.2, 0.25) is 11.8 Å². The van der Waals surface area contributed by atoms with Crippen LogP contribution in [0, 0.1) is 5.92 Å². The minimum Gasteiger partial charge on any atom is -0.494 e. The van der Waals surface area contributed by atoms with Crippen molar-refractivity contribution in [2.45, 2.75) is 39.5 Å². The Kier molecular flexibility index (Phi) is 8.37. The number of nitrogens with zero attached hydrogens (tertiary/aromatic N) is 2. The SMILES string of the molecule is CCCCN(C)C(=O)C1CCN(C(=O)/C=C/c2ccc(OCC)cc2)CC1. The lowest BCUT2D eigenvalue weighted by atomic mass is 9.95. The molecule has 1 saturated heterocycles. The summed E-state index contributed by atoms with van der Waals surface area (Å²) in [4.78, 5) is 28.6. The molecule has 5 nitrogen and oxygen atoms in total. The largest absolute Gasteiger partial charge is 0.494 e. The van der Waals surface area contributed by atoms with Crippen LogP contribution in [0.15, 0.2) is 30.3 Å². The second-order valence-electron chi connectivity index (χ2n) is 7.05. The highest BCUT2D eigenvalue weighted by Crippen LogP contribution is 2.20. The van der Waals surface area contributed by atoms with Crippen LogP contribution in [0.5, 0.6) is 5.75 Å². The van der Waals surface area contributed by atoms with E-state index in [1.807, 2.05) is 54.1 Å². The first-order valence-corrected chi connectivity index (χ1v) is 10.00. The van der Waals surface area contributed by atoms with Crippen molar-refractivity contribution in [1.82, 2.24) is 9.80 Å². The fraction of sp³-hybridized carbons (Fsp3) is 0.545.